The highest BCUT2D eigenvalue weighted by Crippen LogP contribution is 2.56. The Morgan fingerprint density at radius 2 is 1.90 bits per heavy atom. The van der Waals surface area contributed by atoms with E-state index in [9.17, 15) is 0 Å². The first-order chi connectivity index (χ1) is 10.3. The van der Waals surface area contributed by atoms with Gasteiger partial charge in [0.15, 0.2) is 0 Å². The van der Waals surface area contributed by atoms with Crippen LogP contribution in [0.3, 0.4) is 0 Å². The topological polar surface area (TPSA) is 42.1 Å². The zero-order valence-electron chi connectivity index (χ0n) is 12.2. The van der Waals surface area contributed by atoms with Crippen LogP contribution in [-0.4, -0.2) is 18.1 Å². The zero-order chi connectivity index (χ0) is 14.3. The predicted octanol–water partition coefficient (Wildman–Crippen LogP) is 2.92. The number of anilines is 1. The van der Waals surface area contributed by atoms with Crippen LogP contribution in [0, 0.1) is 5.41 Å². The number of nitrogens with two attached hydrogens (primary N) is 1. The molecule has 1 aliphatic carbocycles. The number of hydrogen-bond acceptors (Lipinski definition) is 3. The van der Waals surface area contributed by atoms with Crippen molar-refractivity contribution < 1.29 is 0 Å². The molecule has 3 heteroatoms. The third-order valence-electron chi connectivity index (χ3n) is 5.10. The van der Waals surface area contributed by atoms with Gasteiger partial charge in [-0.1, -0.05) is 18.2 Å². The van der Waals surface area contributed by atoms with E-state index < -0.39 is 0 Å². The van der Waals surface area contributed by atoms with Crippen molar-refractivity contribution in [1.29, 1.82) is 0 Å². The number of rotatable bonds is 3. The highest BCUT2D eigenvalue weighted by Gasteiger charge is 2.52. The molecule has 2 aliphatic rings. The van der Waals surface area contributed by atoms with Gasteiger partial charge in [-0.3, -0.25) is 4.98 Å². The summed E-state index contributed by atoms with van der Waals surface area (Å²) >= 11 is 0. The smallest absolute Gasteiger partial charge is 0.0366 e. The Kier molecular flexibility index (Phi) is 2.96. The van der Waals surface area contributed by atoms with E-state index in [4.69, 9.17) is 5.73 Å². The fraction of sp³-hybridized carbons (Fsp3) is 0.389. The lowest BCUT2D eigenvalue weighted by Crippen LogP contribution is -2.61. The third-order valence-corrected chi connectivity index (χ3v) is 5.10. The normalized spacial score (nSPS) is 20.1. The molecule has 2 heterocycles. The van der Waals surface area contributed by atoms with E-state index in [1.54, 1.807) is 0 Å². The van der Waals surface area contributed by atoms with Crippen LogP contribution < -0.4 is 10.6 Å². The van der Waals surface area contributed by atoms with Gasteiger partial charge in [0.1, 0.15) is 0 Å². The number of hydrogen-bond donors (Lipinski definition) is 1. The SMILES string of the molecule is NCc1ccc(N2CC3(CC(c4cccnc4)C3)C2)cc1. The van der Waals surface area contributed by atoms with Gasteiger partial charge >= 0.3 is 0 Å². The minimum absolute atomic E-state index is 0.563. The fourth-order valence-electron chi connectivity index (χ4n) is 3.89. The number of nitrogens with zero attached hydrogens (tertiary/aromatic N) is 2. The maximum absolute atomic E-state index is 5.65. The summed E-state index contributed by atoms with van der Waals surface area (Å²) in [5, 5.41) is 0. The van der Waals surface area contributed by atoms with Gasteiger partial charge in [0.25, 0.3) is 0 Å². The quantitative estimate of drug-likeness (QED) is 0.939. The van der Waals surface area contributed by atoms with Crippen LogP contribution in [0.25, 0.3) is 0 Å². The minimum atomic E-state index is 0.563. The molecule has 108 valence electrons. The van der Waals surface area contributed by atoms with Crippen molar-refractivity contribution in [1.82, 2.24) is 4.98 Å². The molecular formula is C18H21N3. The summed E-state index contributed by atoms with van der Waals surface area (Å²) in [5.74, 6) is 0.723. The van der Waals surface area contributed by atoms with Gasteiger partial charge in [0.2, 0.25) is 0 Å². The van der Waals surface area contributed by atoms with Gasteiger partial charge in [-0.05, 0) is 48.1 Å². The Labute approximate surface area is 125 Å². The maximum atomic E-state index is 5.65. The molecule has 2 N–H and O–H groups in total. The van der Waals surface area contributed by atoms with Crippen molar-refractivity contribution in [3.63, 3.8) is 0 Å². The van der Waals surface area contributed by atoms with Crippen molar-refractivity contribution in [3.8, 4) is 0 Å². The number of aromatic nitrogens is 1. The number of benzene rings is 1. The second-order valence-electron chi connectivity index (χ2n) is 6.62. The average Bonchev–Trinajstić information content (AvgIpc) is 2.46. The van der Waals surface area contributed by atoms with Crippen LogP contribution in [0.1, 0.15) is 29.9 Å². The Bertz CT molecular complexity index is 607. The minimum Gasteiger partial charge on any atom is -0.370 e. The second kappa shape index (κ2) is 4.85. The Hall–Kier alpha value is -1.87. The molecule has 2 fully saturated rings. The molecule has 1 spiro atoms. The summed E-state index contributed by atoms with van der Waals surface area (Å²) in [6.07, 6.45) is 6.51. The summed E-state index contributed by atoms with van der Waals surface area (Å²) in [4.78, 5) is 6.72. The predicted molar refractivity (Wildman–Crippen MR) is 85.2 cm³/mol. The largest absolute Gasteiger partial charge is 0.370 e. The van der Waals surface area contributed by atoms with Crippen LogP contribution in [-0.2, 0) is 6.54 Å². The van der Waals surface area contributed by atoms with E-state index in [1.807, 2.05) is 18.5 Å². The van der Waals surface area contributed by atoms with Gasteiger partial charge in [-0.25, -0.2) is 0 Å². The van der Waals surface area contributed by atoms with E-state index in [0.29, 0.717) is 12.0 Å². The Morgan fingerprint density at radius 1 is 1.14 bits per heavy atom. The van der Waals surface area contributed by atoms with E-state index in [2.05, 4.69) is 40.2 Å². The highest BCUT2D eigenvalue weighted by atomic mass is 15.2. The first-order valence-corrected chi connectivity index (χ1v) is 7.72. The lowest BCUT2D eigenvalue weighted by molar-refractivity contribution is 0.0632. The molecule has 3 nitrogen and oxygen atoms in total. The summed E-state index contributed by atoms with van der Waals surface area (Å²) in [6.45, 7) is 3.02. The molecule has 0 atom stereocenters. The molecule has 0 radical (unpaired) electrons. The molecule has 4 rings (SSSR count). The molecule has 1 aromatic heterocycles. The first kappa shape index (κ1) is 12.8. The van der Waals surface area contributed by atoms with Gasteiger partial charge in [0, 0.05) is 43.1 Å². The van der Waals surface area contributed by atoms with Crippen LogP contribution in [0.2, 0.25) is 0 Å². The lowest BCUT2D eigenvalue weighted by Gasteiger charge is -2.60. The van der Waals surface area contributed by atoms with E-state index >= 15 is 0 Å². The number of pyridine rings is 1. The maximum Gasteiger partial charge on any atom is 0.0366 e. The van der Waals surface area contributed by atoms with Crippen LogP contribution >= 0.6 is 0 Å². The second-order valence-corrected chi connectivity index (χ2v) is 6.62. The van der Waals surface area contributed by atoms with Gasteiger partial charge in [-0.2, -0.15) is 0 Å². The van der Waals surface area contributed by atoms with Crippen molar-refractivity contribution in [2.75, 3.05) is 18.0 Å². The highest BCUT2D eigenvalue weighted by molar-refractivity contribution is 5.51. The molecule has 1 saturated carbocycles. The molecule has 0 bridgehead atoms. The Morgan fingerprint density at radius 3 is 2.52 bits per heavy atom. The molecule has 1 aliphatic heterocycles. The van der Waals surface area contributed by atoms with Gasteiger partial charge < -0.3 is 10.6 Å². The monoisotopic (exact) mass is 279 g/mol. The molecule has 0 unspecified atom stereocenters. The molecule has 21 heavy (non-hydrogen) atoms. The van der Waals surface area contributed by atoms with E-state index in [1.165, 1.54) is 42.7 Å². The Balaban J connectivity index is 1.36. The fourth-order valence-corrected chi connectivity index (χ4v) is 3.89. The van der Waals surface area contributed by atoms with Crippen LogP contribution in [0.15, 0.2) is 48.8 Å². The van der Waals surface area contributed by atoms with E-state index in [0.717, 1.165) is 5.92 Å². The average molecular weight is 279 g/mol. The lowest BCUT2D eigenvalue weighted by atomic mass is 9.56. The molecule has 1 aromatic carbocycles. The van der Waals surface area contributed by atoms with E-state index in [-0.39, 0.29) is 0 Å². The van der Waals surface area contributed by atoms with Crippen molar-refractivity contribution >= 4 is 5.69 Å². The summed E-state index contributed by atoms with van der Waals surface area (Å²) in [5.41, 5.74) is 10.2. The van der Waals surface area contributed by atoms with Crippen molar-refractivity contribution in [2.45, 2.75) is 25.3 Å². The molecule has 0 amide bonds. The zero-order valence-corrected chi connectivity index (χ0v) is 12.2. The van der Waals surface area contributed by atoms with Crippen molar-refractivity contribution in [2.24, 2.45) is 11.1 Å². The first-order valence-electron chi connectivity index (χ1n) is 7.72. The standard InChI is InChI=1S/C18H21N3/c19-10-14-3-5-17(6-4-14)21-12-18(13-21)8-16(9-18)15-2-1-7-20-11-15/h1-7,11,16H,8-10,12-13,19H2. The summed E-state index contributed by atoms with van der Waals surface area (Å²) < 4.78 is 0. The molecular weight excluding hydrogens is 258 g/mol. The van der Waals surface area contributed by atoms with Gasteiger partial charge in [-0.15, -0.1) is 0 Å². The van der Waals surface area contributed by atoms with Crippen molar-refractivity contribution in [3.05, 3.63) is 59.9 Å². The van der Waals surface area contributed by atoms with Gasteiger partial charge in [0.05, 0.1) is 0 Å². The molecule has 1 saturated heterocycles. The summed E-state index contributed by atoms with van der Waals surface area (Å²) in [6, 6.07) is 12.9. The summed E-state index contributed by atoms with van der Waals surface area (Å²) in [7, 11) is 0. The third kappa shape index (κ3) is 2.22. The van der Waals surface area contributed by atoms with Crippen LogP contribution in [0.5, 0.6) is 0 Å². The van der Waals surface area contributed by atoms with Crippen LogP contribution in [0.4, 0.5) is 5.69 Å². The molecule has 2 aromatic rings.